The molecule has 1 aliphatic heterocycles. The van der Waals surface area contributed by atoms with Gasteiger partial charge in [0, 0.05) is 30.3 Å². The molecule has 0 spiro atoms. The summed E-state index contributed by atoms with van der Waals surface area (Å²) in [6.45, 7) is 4.72. The summed E-state index contributed by atoms with van der Waals surface area (Å²) in [6, 6.07) is 11.2. The number of carbonyl (C=O) groups excluding carboxylic acids is 1. The van der Waals surface area contributed by atoms with Gasteiger partial charge >= 0.3 is 0 Å². The van der Waals surface area contributed by atoms with Gasteiger partial charge in [-0.25, -0.2) is 13.8 Å². The average Bonchev–Trinajstić information content (AvgIpc) is 3.13. The van der Waals surface area contributed by atoms with E-state index in [9.17, 15) is 13.6 Å². The van der Waals surface area contributed by atoms with Crippen molar-refractivity contribution in [3.63, 3.8) is 0 Å². The third kappa shape index (κ3) is 3.73. The smallest absolute Gasteiger partial charge is 0.264 e. The SMILES string of the molecule is Cc1noc2nc(C3CCN(C(=O)[C@H](C)c4ccccc4)CC3)cc(C(F)F)c12. The second-order valence-corrected chi connectivity index (χ2v) is 7.62. The second-order valence-electron chi connectivity index (χ2n) is 7.62. The van der Waals surface area contributed by atoms with Crippen LogP contribution in [0.25, 0.3) is 11.1 Å². The molecule has 5 nitrogen and oxygen atoms in total. The van der Waals surface area contributed by atoms with Crippen molar-refractivity contribution in [2.24, 2.45) is 0 Å². The van der Waals surface area contributed by atoms with E-state index in [0.717, 1.165) is 5.56 Å². The highest BCUT2D eigenvalue weighted by molar-refractivity contribution is 5.83. The first kappa shape index (κ1) is 19.5. The largest absolute Gasteiger partial charge is 0.342 e. The molecule has 1 aliphatic rings. The number of aromatic nitrogens is 2. The standard InChI is InChI=1S/C22H23F2N3O2/c1-13(15-6-4-3-5-7-15)22(28)27-10-8-16(9-11-27)18-12-17(20(23)24)19-14(2)26-29-21(19)25-18/h3-7,12-13,16,20H,8-11H2,1-2H3/t13-/m1/s1. The van der Waals surface area contributed by atoms with Crippen LogP contribution in [0.3, 0.4) is 0 Å². The molecule has 4 rings (SSSR count). The zero-order chi connectivity index (χ0) is 20.5. The number of alkyl halides is 2. The van der Waals surface area contributed by atoms with Gasteiger partial charge in [0.1, 0.15) is 0 Å². The number of benzene rings is 1. The lowest BCUT2D eigenvalue weighted by molar-refractivity contribution is -0.133. The van der Waals surface area contributed by atoms with E-state index in [0.29, 0.717) is 42.7 Å². The molecule has 3 aromatic rings. The van der Waals surface area contributed by atoms with Crippen LogP contribution < -0.4 is 0 Å². The third-order valence-electron chi connectivity index (χ3n) is 5.80. The van der Waals surface area contributed by atoms with Crippen LogP contribution in [0, 0.1) is 6.92 Å². The van der Waals surface area contributed by atoms with E-state index < -0.39 is 6.43 Å². The minimum atomic E-state index is -2.62. The number of amides is 1. The van der Waals surface area contributed by atoms with Gasteiger partial charge in [-0.1, -0.05) is 35.5 Å². The number of pyridine rings is 1. The number of halogens is 2. The van der Waals surface area contributed by atoms with Gasteiger partial charge in [0.25, 0.3) is 12.1 Å². The van der Waals surface area contributed by atoms with Gasteiger partial charge in [-0.2, -0.15) is 0 Å². The molecule has 7 heteroatoms. The molecule has 0 radical (unpaired) electrons. The zero-order valence-electron chi connectivity index (χ0n) is 16.4. The number of hydrogen-bond donors (Lipinski definition) is 0. The van der Waals surface area contributed by atoms with Crippen molar-refractivity contribution < 1.29 is 18.1 Å². The van der Waals surface area contributed by atoms with E-state index in [1.807, 2.05) is 42.2 Å². The van der Waals surface area contributed by atoms with Crippen molar-refractivity contribution in [1.29, 1.82) is 0 Å². The molecule has 2 aromatic heterocycles. The lowest BCUT2D eigenvalue weighted by Crippen LogP contribution is -2.40. The topological polar surface area (TPSA) is 59.2 Å². The van der Waals surface area contributed by atoms with Crippen molar-refractivity contribution >= 4 is 17.0 Å². The van der Waals surface area contributed by atoms with Crippen LogP contribution in [0.2, 0.25) is 0 Å². The number of piperidine rings is 1. The van der Waals surface area contributed by atoms with E-state index in [1.54, 1.807) is 6.92 Å². The summed E-state index contributed by atoms with van der Waals surface area (Å²) in [4.78, 5) is 19.2. The number of aryl methyl sites for hydroxylation is 1. The molecule has 0 saturated carbocycles. The van der Waals surface area contributed by atoms with Crippen LogP contribution >= 0.6 is 0 Å². The molecular formula is C22H23F2N3O2. The van der Waals surface area contributed by atoms with Gasteiger partial charge in [-0.15, -0.1) is 0 Å². The van der Waals surface area contributed by atoms with Gasteiger partial charge in [0.2, 0.25) is 5.91 Å². The van der Waals surface area contributed by atoms with Gasteiger partial charge in [0.15, 0.2) is 0 Å². The molecule has 152 valence electrons. The summed E-state index contributed by atoms with van der Waals surface area (Å²) < 4.78 is 32.3. The number of carbonyl (C=O) groups is 1. The summed E-state index contributed by atoms with van der Waals surface area (Å²) in [6.07, 6.45) is -1.26. The number of fused-ring (bicyclic) bond motifs is 1. The van der Waals surface area contributed by atoms with Crippen LogP contribution in [0.4, 0.5) is 8.78 Å². The predicted molar refractivity (Wildman–Crippen MR) is 105 cm³/mol. The minimum absolute atomic E-state index is 0.0124. The summed E-state index contributed by atoms with van der Waals surface area (Å²) in [5.41, 5.74) is 2.08. The molecule has 29 heavy (non-hydrogen) atoms. The second kappa shape index (κ2) is 7.89. The molecular weight excluding hydrogens is 376 g/mol. The van der Waals surface area contributed by atoms with E-state index in [-0.39, 0.29) is 29.0 Å². The van der Waals surface area contributed by atoms with E-state index >= 15 is 0 Å². The Bertz CT molecular complexity index is 1010. The lowest BCUT2D eigenvalue weighted by Gasteiger charge is -2.33. The molecule has 0 aliphatic carbocycles. The molecule has 0 N–H and O–H groups in total. The predicted octanol–water partition coefficient (Wildman–Crippen LogP) is 4.98. The lowest BCUT2D eigenvalue weighted by atomic mass is 9.90. The molecule has 0 unspecified atom stereocenters. The molecule has 3 heterocycles. The van der Waals surface area contributed by atoms with Crippen LogP contribution in [-0.4, -0.2) is 34.0 Å². The summed E-state index contributed by atoms with van der Waals surface area (Å²) in [7, 11) is 0. The van der Waals surface area contributed by atoms with E-state index in [2.05, 4.69) is 10.1 Å². The maximum Gasteiger partial charge on any atom is 0.264 e. The maximum absolute atomic E-state index is 13.6. The fourth-order valence-corrected chi connectivity index (χ4v) is 4.08. The van der Waals surface area contributed by atoms with Gasteiger partial charge < -0.3 is 9.42 Å². The monoisotopic (exact) mass is 399 g/mol. The maximum atomic E-state index is 13.6. The van der Waals surface area contributed by atoms with Crippen LogP contribution in [0.1, 0.15) is 60.5 Å². The fraction of sp³-hybridized carbons (Fsp3) is 0.409. The minimum Gasteiger partial charge on any atom is -0.342 e. The highest BCUT2D eigenvalue weighted by Crippen LogP contribution is 2.35. The van der Waals surface area contributed by atoms with Crippen LogP contribution in [0.5, 0.6) is 0 Å². The Hall–Kier alpha value is -2.83. The highest BCUT2D eigenvalue weighted by Gasteiger charge is 2.29. The Morgan fingerprint density at radius 3 is 2.55 bits per heavy atom. The molecule has 1 amide bonds. The first-order valence-corrected chi connectivity index (χ1v) is 9.84. The first-order chi connectivity index (χ1) is 14.0. The Morgan fingerprint density at radius 1 is 1.21 bits per heavy atom. The summed E-state index contributed by atoms with van der Waals surface area (Å²) in [5, 5.41) is 4.08. The van der Waals surface area contributed by atoms with E-state index in [1.165, 1.54) is 6.07 Å². The van der Waals surface area contributed by atoms with E-state index in [4.69, 9.17) is 4.52 Å². The molecule has 1 saturated heterocycles. The Balaban J connectivity index is 1.49. The summed E-state index contributed by atoms with van der Waals surface area (Å²) in [5.74, 6) is -0.0968. The third-order valence-corrected chi connectivity index (χ3v) is 5.80. The average molecular weight is 399 g/mol. The number of nitrogens with zero attached hydrogens (tertiary/aromatic N) is 3. The number of likely N-dealkylation sites (tertiary alicyclic amines) is 1. The van der Waals surface area contributed by atoms with Crippen molar-refractivity contribution in [3.8, 4) is 0 Å². The Kier molecular flexibility index (Phi) is 5.30. The van der Waals surface area contributed by atoms with Crippen LogP contribution in [-0.2, 0) is 4.79 Å². The van der Waals surface area contributed by atoms with Crippen LogP contribution in [0.15, 0.2) is 40.9 Å². The Morgan fingerprint density at radius 2 is 1.90 bits per heavy atom. The fourth-order valence-electron chi connectivity index (χ4n) is 4.08. The Labute approximate surface area is 167 Å². The molecule has 1 aromatic carbocycles. The number of hydrogen-bond acceptors (Lipinski definition) is 4. The van der Waals surface area contributed by atoms with Crippen molar-refractivity contribution in [2.45, 2.75) is 45.0 Å². The quantitative estimate of drug-likeness (QED) is 0.621. The summed E-state index contributed by atoms with van der Waals surface area (Å²) >= 11 is 0. The van der Waals surface area contributed by atoms with Crippen molar-refractivity contribution in [1.82, 2.24) is 15.0 Å². The van der Waals surface area contributed by atoms with Gasteiger partial charge in [-0.3, -0.25) is 4.79 Å². The molecule has 1 atom stereocenters. The van der Waals surface area contributed by atoms with Gasteiger partial charge in [-0.05, 0) is 38.3 Å². The van der Waals surface area contributed by atoms with Gasteiger partial charge in [0.05, 0.1) is 17.0 Å². The normalized spacial score (nSPS) is 16.5. The van der Waals surface area contributed by atoms with Crippen molar-refractivity contribution in [3.05, 3.63) is 58.9 Å². The van der Waals surface area contributed by atoms with Crippen molar-refractivity contribution in [2.75, 3.05) is 13.1 Å². The number of rotatable bonds is 4. The first-order valence-electron chi connectivity index (χ1n) is 9.84. The highest BCUT2D eigenvalue weighted by atomic mass is 19.3. The molecule has 1 fully saturated rings. The zero-order valence-corrected chi connectivity index (χ0v) is 16.4. The molecule has 0 bridgehead atoms.